The van der Waals surface area contributed by atoms with Crippen LogP contribution in [0, 0.1) is 5.82 Å². The van der Waals surface area contributed by atoms with Crippen molar-refractivity contribution in [3.8, 4) is 5.75 Å². The largest absolute Gasteiger partial charge is 0.493 e. The van der Waals surface area contributed by atoms with Gasteiger partial charge in [0.05, 0.1) is 12.6 Å². The van der Waals surface area contributed by atoms with Gasteiger partial charge in [0.2, 0.25) is 0 Å². The molecule has 0 aliphatic rings. The monoisotopic (exact) mass is 522 g/mol. The Labute approximate surface area is 205 Å². The highest BCUT2D eigenvalue weighted by Gasteiger charge is 2.19. The molecule has 0 aliphatic heterocycles. The molecule has 0 heterocycles. The molecule has 182 valence electrons. The first-order chi connectivity index (χ1) is 15.6. The molecule has 1 amide bonds. The number of nitrogens with one attached hydrogen (secondary N) is 1. The molecule has 33 heavy (non-hydrogen) atoms. The van der Waals surface area contributed by atoms with E-state index < -0.39 is 5.60 Å². The molecule has 1 N–H and O–H groups in total. The second kappa shape index (κ2) is 12.9. The Morgan fingerprint density at radius 3 is 2.36 bits per heavy atom. The fourth-order valence-electron chi connectivity index (χ4n) is 3.41. The van der Waals surface area contributed by atoms with Crippen LogP contribution in [0.1, 0.15) is 63.6 Å². The van der Waals surface area contributed by atoms with Crippen LogP contribution in [0.4, 0.5) is 9.18 Å². The lowest BCUT2D eigenvalue weighted by Crippen LogP contribution is -2.34. The van der Waals surface area contributed by atoms with E-state index in [4.69, 9.17) is 9.47 Å². The Kier molecular flexibility index (Phi) is 10.6. The van der Waals surface area contributed by atoms with Gasteiger partial charge in [0, 0.05) is 29.7 Å². The number of halogens is 2. The third-order valence-electron chi connectivity index (χ3n) is 5.14. The van der Waals surface area contributed by atoms with Gasteiger partial charge < -0.3 is 19.7 Å². The summed E-state index contributed by atoms with van der Waals surface area (Å²) in [4.78, 5) is 13.5. The molecular weight excluding hydrogens is 487 g/mol. The lowest BCUT2D eigenvalue weighted by atomic mass is 9.98. The van der Waals surface area contributed by atoms with Gasteiger partial charge >= 0.3 is 6.09 Å². The number of carbonyl (C=O) groups excluding carboxylic acids is 1. The molecule has 0 aliphatic carbocycles. The molecule has 7 heteroatoms. The average molecular weight is 523 g/mol. The predicted molar refractivity (Wildman–Crippen MR) is 134 cm³/mol. The van der Waals surface area contributed by atoms with Crippen molar-refractivity contribution in [1.29, 1.82) is 0 Å². The van der Waals surface area contributed by atoms with Crippen LogP contribution < -0.4 is 10.1 Å². The van der Waals surface area contributed by atoms with Gasteiger partial charge in [0.15, 0.2) is 0 Å². The van der Waals surface area contributed by atoms with Gasteiger partial charge in [-0.2, -0.15) is 0 Å². The Morgan fingerprint density at radius 2 is 1.76 bits per heavy atom. The summed E-state index contributed by atoms with van der Waals surface area (Å²) in [6, 6.07) is 12.7. The highest BCUT2D eigenvalue weighted by atomic mass is 79.9. The molecule has 1 atom stereocenters. The van der Waals surface area contributed by atoms with E-state index in [-0.39, 0.29) is 18.0 Å². The molecular formula is C26H36BrFN2O3. The maximum atomic E-state index is 14.8. The van der Waals surface area contributed by atoms with E-state index in [2.05, 4.69) is 21.2 Å². The Hall–Kier alpha value is -2.12. The second-order valence-electron chi connectivity index (χ2n) is 9.12. The first-order valence-electron chi connectivity index (χ1n) is 11.4. The van der Waals surface area contributed by atoms with Crippen molar-refractivity contribution in [2.75, 3.05) is 27.2 Å². The molecule has 0 saturated heterocycles. The molecule has 0 bridgehead atoms. The Morgan fingerprint density at radius 1 is 1.09 bits per heavy atom. The number of carbonyl (C=O) groups is 1. The van der Waals surface area contributed by atoms with Crippen LogP contribution in [0.2, 0.25) is 0 Å². The number of unbranched alkanes of at least 4 members (excludes halogenated alkanes) is 3. The Balaban J connectivity index is 1.73. The predicted octanol–water partition coefficient (Wildman–Crippen LogP) is 6.70. The van der Waals surface area contributed by atoms with Crippen molar-refractivity contribution in [1.82, 2.24) is 10.2 Å². The van der Waals surface area contributed by atoms with Crippen molar-refractivity contribution >= 4 is 22.0 Å². The molecule has 0 aromatic heterocycles. The van der Waals surface area contributed by atoms with E-state index in [0.29, 0.717) is 24.5 Å². The summed E-state index contributed by atoms with van der Waals surface area (Å²) in [5, 5.41) is 3.18. The van der Waals surface area contributed by atoms with Crippen LogP contribution in [0.15, 0.2) is 46.9 Å². The number of hydrogen-bond donors (Lipinski definition) is 1. The van der Waals surface area contributed by atoms with Crippen LogP contribution in [0.5, 0.6) is 5.75 Å². The van der Waals surface area contributed by atoms with Gasteiger partial charge in [-0.15, -0.1) is 0 Å². The van der Waals surface area contributed by atoms with Gasteiger partial charge in [-0.1, -0.05) is 47.0 Å². The van der Waals surface area contributed by atoms with Gasteiger partial charge in [-0.3, -0.25) is 0 Å². The lowest BCUT2D eigenvalue weighted by molar-refractivity contribution is 0.0296. The number of ether oxygens (including phenoxy) is 2. The molecule has 2 aromatic rings. The summed E-state index contributed by atoms with van der Waals surface area (Å²) < 4.78 is 26.9. The molecule has 0 radical (unpaired) electrons. The van der Waals surface area contributed by atoms with Gasteiger partial charge in [-0.25, -0.2) is 9.18 Å². The zero-order chi connectivity index (χ0) is 24.4. The minimum atomic E-state index is -0.479. The first kappa shape index (κ1) is 27.1. The van der Waals surface area contributed by atoms with Gasteiger partial charge in [-0.05, 0) is 64.4 Å². The van der Waals surface area contributed by atoms with Crippen molar-refractivity contribution < 1.29 is 18.7 Å². The summed E-state index contributed by atoms with van der Waals surface area (Å²) in [7, 11) is 3.58. The molecule has 0 fully saturated rings. The summed E-state index contributed by atoms with van der Waals surface area (Å²) in [5.41, 5.74) is 1.10. The van der Waals surface area contributed by atoms with Gasteiger partial charge in [0.1, 0.15) is 17.2 Å². The van der Waals surface area contributed by atoms with Crippen molar-refractivity contribution in [2.24, 2.45) is 0 Å². The van der Waals surface area contributed by atoms with Crippen LogP contribution in [0.25, 0.3) is 0 Å². The summed E-state index contributed by atoms with van der Waals surface area (Å²) in [6.07, 6.45) is 3.45. The normalized spacial score (nSPS) is 12.3. The highest BCUT2D eigenvalue weighted by molar-refractivity contribution is 9.10. The smallest absolute Gasteiger partial charge is 0.410 e. The fraction of sp³-hybridized carbons (Fsp3) is 0.500. The zero-order valence-corrected chi connectivity index (χ0v) is 21.9. The molecule has 1 unspecified atom stereocenters. The topological polar surface area (TPSA) is 50.8 Å². The van der Waals surface area contributed by atoms with Crippen LogP contribution in [0.3, 0.4) is 0 Å². The standard InChI is InChI=1S/C26H36BrFN2O3/c1-26(2,3)33-25(31)30(5)16-8-6-7-9-17-32-21-14-15-22(23(28)18-21)24(29-4)19-10-12-20(27)13-11-19/h10-15,18,24,29H,6-9,16-17H2,1-5H3. The first-order valence-corrected chi connectivity index (χ1v) is 12.2. The number of amides is 1. The molecule has 0 spiro atoms. The zero-order valence-electron chi connectivity index (χ0n) is 20.3. The molecule has 0 saturated carbocycles. The minimum absolute atomic E-state index is 0.231. The van der Waals surface area contributed by atoms with E-state index in [9.17, 15) is 9.18 Å². The third-order valence-corrected chi connectivity index (χ3v) is 5.67. The van der Waals surface area contributed by atoms with E-state index >= 15 is 0 Å². The van der Waals surface area contributed by atoms with E-state index in [1.54, 1.807) is 18.0 Å². The molecule has 2 aromatic carbocycles. The Bertz CT molecular complexity index is 884. The quantitative estimate of drug-likeness (QED) is 0.333. The maximum absolute atomic E-state index is 14.8. The molecule has 2 rings (SSSR count). The second-order valence-corrected chi connectivity index (χ2v) is 10.0. The van der Waals surface area contributed by atoms with Crippen LogP contribution in [-0.2, 0) is 4.74 Å². The minimum Gasteiger partial charge on any atom is -0.493 e. The number of benzene rings is 2. The van der Waals surface area contributed by atoms with E-state index in [1.807, 2.05) is 58.2 Å². The fourth-order valence-corrected chi connectivity index (χ4v) is 3.68. The molecule has 5 nitrogen and oxygen atoms in total. The number of nitrogens with zero attached hydrogens (tertiary/aromatic N) is 1. The van der Waals surface area contributed by atoms with Crippen molar-refractivity contribution in [3.63, 3.8) is 0 Å². The van der Waals surface area contributed by atoms with Crippen LogP contribution >= 0.6 is 15.9 Å². The van der Waals surface area contributed by atoms with Crippen molar-refractivity contribution in [2.45, 2.75) is 58.1 Å². The number of hydrogen-bond acceptors (Lipinski definition) is 4. The highest BCUT2D eigenvalue weighted by Crippen LogP contribution is 2.28. The summed E-state index contributed by atoms with van der Waals surface area (Å²) >= 11 is 3.43. The average Bonchev–Trinajstić information content (AvgIpc) is 2.74. The van der Waals surface area contributed by atoms with Gasteiger partial charge in [0.25, 0.3) is 0 Å². The lowest BCUT2D eigenvalue weighted by Gasteiger charge is -2.24. The SMILES string of the molecule is CNC(c1ccc(Br)cc1)c1ccc(OCCCCCCN(C)C(=O)OC(C)(C)C)cc1F. The summed E-state index contributed by atoms with van der Waals surface area (Å²) in [6.45, 7) is 6.77. The van der Waals surface area contributed by atoms with E-state index in [1.165, 1.54) is 6.07 Å². The maximum Gasteiger partial charge on any atom is 0.410 e. The number of rotatable bonds is 11. The summed E-state index contributed by atoms with van der Waals surface area (Å²) in [5.74, 6) is 0.242. The van der Waals surface area contributed by atoms with Crippen molar-refractivity contribution in [3.05, 3.63) is 63.9 Å². The van der Waals surface area contributed by atoms with E-state index in [0.717, 1.165) is 35.7 Å². The van der Waals surface area contributed by atoms with Crippen LogP contribution in [-0.4, -0.2) is 43.8 Å². The third kappa shape index (κ3) is 9.33.